The molecule has 7 heteroatoms. The van der Waals surface area contributed by atoms with Gasteiger partial charge in [0.1, 0.15) is 10.6 Å². The van der Waals surface area contributed by atoms with Crippen LogP contribution in [0.1, 0.15) is 21.8 Å². The second-order valence-electron chi connectivity index (χ2n) is 5.20. The van der Waals surface area contributed by atoms with Crippen LogP contribution in [0.5, 0.6) is 0 Å². The molecule has 0 aliphatic heterocycles. The third-order valence-electron chi connectivity index (χ3n) is 3.51. The third-order valence-corrected chi connectivity index (χ3v) is 4.62. The first-order chi connectivity index (χ1) is 11.1. The first-order valence-corrected chi connectivity index (χ1v) is 8.15. The van der Waals surface area contributed by atoms with Crippen LogP contribution in [0.15, 0.2) is 30.3 Å². The van der Waals surface area contributed by atoms with Gasteiger partial charge in [-0.25, -0.2) is 9.07 Å². The van der Waals surface area contributed by atoms with Crippen LogP contribution < -0.4 is 11.1 Å². The Morgan fingerprint density at radius 2 is 2.13 bits per heavy atom. The van der Waals surface area contributed by atoms with Gasteiger partial charge in [0.15, 0.2) is 0 Å². The molecule has 120 valence electrons. The van der Waals surface area contributed by atoms with E-state index in [1.807, 2.05) is 13.0 Å². The Morgan fingerprint density at radius 3 is 2.83 bits per heavy atom. The maximum absolute atomic E-state index is 13.1. The zero-order chi connectivity index (χ0) is 16.4. The highest BCUT2D eigenvalue weighted by Gasteiger charge is 2.16. The highest BCUT2D eigenvalue weighted by atomic mass is 32.1. The quantitative estimate of drug-likeness (QED) is 0.706. The maximum Gasteiger partial charge on any atom is 0.261 e. The number of carbonyl (C=O) groups is 1. The van der Waals surface area contributed by atoms with Gasteiger partial charge in [-0.3, -0.25) is 4.79 Å². The molecule has 0 aliphatic rings. The molecule has 3 rings (SSSR count). The fraction of sp³-hybridized carbons (Fsp3) is 0.250. The molecule has 5 nitrogen and oxygen atoms in total. The van der Waals surface area contributed by atoms with Gasteiger partial charge in [0, 0.05) is 11.9 Å². The van der Waals surface area contributed by atoms with Crippen molar-refractivity contribution in [2.75, 3.05) is 13.1 Å². The molecule has 0 spiro atoms. The molecule has 1 amide bonds. The van der Waals surface area contributed by atoms with Crippen molar-refractivity contribution in [1.29, 1.82) is 0 Å². The van der Waals surface area contributed by atoms with E-state index in [-0.39, 0.29) is 11.7 Å². The van der Waals surface area contributed by atoms with Gasteiger partial charge in [-0.15, -0.1) is 11.3 Å². The number of nitrogens with two attached hydrogens (primary N) is 1. The lowest BCUT2D eigenvalue weighted by Gasteiger charge is -2.02. The van der Waals surface area contributed by atoms with Crippen LogP contribution in [0, 0.1) is 12.7 Å². The summed E-state index contributed by atoms with van der Waals surface area (Å²) in [5.74, 6) is -0.398. The Labute approximate surface area is 136 Å². The second kappa shape index (κ2) is 6.47. The van der Waals surface area contributed by atoms with E-state index in [9.17, 15) is 9.18 Å². The monoisotopic (exact) mass is 332 g/mol. The summed E-state index contributed by atoms with van der Waals surface area (Å²) in [6, 6.07) is 7.97. The molecule has 0 saturated heterocycles. The molecular weight excluding hydrogens is 315 g/mol. The minimum absolute atomic E-state index is 0.107. The lowest BCUT2D eigenvalue weighted by molar-refractivity contribution is 0.0957. The number of aryl methyl sites for hydroxylation is 1. The number of hydrogen-bond acceptors (Lipinski definition) is 4. The molecule has 2 heterocycles. The molecule has 1 aromatic carbocycles. The van der Waals surface area contributed by atoms with Gasteiger partial charge in [0.05, 0.1) is 16.3 Å². The highest BCUT2D eigenvalue weighted by molar-refractivity contribution is 7.20. The second-order valence-corrected chi connectivity index (χ2v) is 6.23. The van der Waals surface area contributed by atoms with E-state index < -0.39 is 0 Å². The number of fused-ring (bicyclic) bond motifs is 1. The standard InChI is InChI=1S/C16H17FN4OS/c1-10-13-9-14(15(22)19-8-2-7-18)23-16(13)21(20-10)12-5-3-11(17)4-6-12/h3-6,9H,2,7-8,18H2,1H3,(H,19,22). The number of thiophene rings is 1. The molecule has 0 radical (unpaired) electrons. The van der Waals surface area contributed by atoms with Crippen molar-refractivity contribution in [3.8, 4) is 5.69 Å². The van der Waals surface area contributed by atoms with E-state index in [4.69, 9.17) is 5.73 Å². The van der Waals surface area contributed by atoms with Gasteiger partial charge in [-0.1, -0.05) is 0 Å². The smallest absolute Gasteiger partial charge is 0.261 e. The fourth-order valence-electron chi connectivity index (χ4n) is 2.31. The van der Waals surface area contributed by atoms with Crippen molar-refractivity contribution in [3.63, 3.8) is 0 Å². The van der Waals surface area contributed by atoms with E-state index in [0.29, 0.717) is 18.0 Å². The summed E-state index contributed by atoms with van der Waals surface area (Å²) < 4.78 is 14.8. The summed E-state index contributed by atoms with van der Waals surface area (Å²) in [6.45, 7) is 3.00. The Balaban J connectivity index is 1.95. The Kier molecular flexibility index (Phi) is 4.40. The summed E-state index contributed by atoms with van der Waals surface area (Å²) in [7, 11) is 0. The highest BCUT2D eigenvalue weighted by Crippen LogP contribution is 2.30. The van der Waals surface area contributed by atoms with Crippen molar-refractivity contribution in [1.82, 2.24) is 15.1 Å². The molecular formula is C16H17FN4OS. The number of carbonyl (C=O) groups excluding carboxylic acids is 1. The van der Waals surface area contributed by atoms with E-state index in [2.05, 4.69) is 10.4 Å². The van der Waals surface area contributed by atoms with Crippen molar-refractivity contribution in [2.24, 2.45) is 5.73 Å². The maximum atomic E-state index is 13.1. The molecule has 0 aliphatic carbocycles. The van der Waals surface area contributed by atoms with Crippen LogP contribution in [0.4, 0.5) is 4.39 Å². The minimum Gasteiger partial charge on any atom is -0.351 e. The summed E-state index contributed by atoms with van der Waals surface area (Å²) in [5.41, 5.74) is 7.03. The minimum atomic E-state index is -0.292. The van der Waals surface area contributed by atoms with Crippen LogP contribution in [0.3, 0.4) is 0 Å². The Bertz CT molecular complexity index is 838. The molecule has 2 aromatic heterocycles. The van der Waals surface area contributed by atoms with Gasteiger partial charge in [-0.05, 0) is 50.2 Å². The van der Waals surface area contributed by atoms with Gasteiger partial charge in [-0.2, -0.15) is 5.10 Å². The summed E-state index contributed by atoms with van der Waals surface area (Å²) in [4.78, 5) is 13.7. The molecule has 0 bridgehead atoms. The third kappa shape index (κ3) is 3.11. The number of amides is 1. The van der Waals surface area contributed by atoms with Crippen LogP contribution in [0.25, 0.3) is 15.9 Å². The molecule has 0 atom stereocenters. The van der Waals surface area contributed by atoms with Crippen molar-refractivity contribution in [3.05, 3.63) is 46.7 Å². The number of hydrogen-bond donors (Lipinski definition) is 2. The normalized spacial score (nSPS) is 11.1. The molecule has 0 fully saturated rings. The van der Waals surface area contributed by atoms with Crippen LogP contribution >= 0.6 is 11.3 Å². The van der Waals surface area contributed by atoms with Crippen molar-refractivity contribution >= 4 is 27.5 Å². The van der Waals surface area contributed by atoms with E-state index in [1.165, 1.54) is 23.5 Å². The zero-order valence-corrected chi connectivity index (χ0v) is 13.5. The van der Waals surface area contributed by atoms with Crippen molar-refractivity contribution in [2.45, 2.75) is 13.3 Å². The molecule has 0 unspecified atom stereocenters. The molecule has 0 saturated carbocycles. The Morgan fingerprint density at radius 1 is 1.39 bits per heavy atom. The molecule has 3 aromatic rings. The number of benzene rings is 1. The lowest BCUT2D eigenvalue weighted by Crippen LogP contribution is -2.25. The zero-order valence-electron chi connectivity index (χ0n) is 12.7. The summed E-state index contributed by atoms with van der Waals surface area (Å²) in [5, 5.41) is 8.26. The molecule has 23 heavy (non-hydrogen) atoms. The van der Waals surface area contributed by atoms with Gasteiger partial charge < -0.3 is 11.1 Å². The van der Waals surface area contributed by atoms with Gasteiger partial charge in [0.25, 0.3) is 5.91 Å². The van der Waals surface area contributed by atoms with Gasteiger partial charge >= 0.3 is 0 Å². The van der Waals surface area contributed by atoms with E-state index in [1.54, 1.807) is 16.8 Å². The van der Waals surface area contributed by atoms with Crippen LogP contribution in [0.2, 0.25) is 0 Å². The van der Waals surface area contributed by atoms with Crippen LogP contribution in [-0.4, -0.2) is 28.8 Å². The topological polar surface area (TPSA) is 72.9 Å². The average molecular weight is 332 g/mol. The number of halogens is 1. The van der Waals surface area contributed by atoms with Crippen LogP contribution in [-0.2, 0) is 0 Å². The van der Waals surface area contributed by atoms with E-state index in [0.717, 1.165) is 28.0 Å². The summed E-state index contributed by atoms with van der Waals surface area (Å²) >= 11 is 1.37. The molecule has 3 N–H and O–H groups in total. The predicted octanol–water partition coefficient (Wildman–Crippen LogP) is 2.61. The Hall–Kier alpha value is -2.25. The predicted molar refractivity (Wildman–Crippen MR) is 89.6 cm³/mol. The number of nitrogens with zero attached hydrogens (tertiary/aromatic N) is 2. The number of rotatable bonds is 5. The fourth-order valence-corrected chi connectivity index (χ4v) is 3.41. The van der Waals surface area contributed by atoms with Gasteiger partial charge in [0.2, 0.25) is 0 Å². The SMILES string of the molecule is Cc1nn(-c2ccc(F)cc2)c2sc(C(=O)NCCCN)cc12. The number of aromatic nitrogens is 2. The lowest BCUT2D eigenvalue weighted by atomic mass is 10.3. The number of nitrogens with one attached hydrogen (secondary N) is 1. The first kappa shape index (κ1) is 15.6. The average Bonchev–Trinajstić information content (AvgIpc) is 3.10. The first-order valence-electron chi connectivity index (χ1n) is 7.33. The largest absolute Gasteiger partial charge is 0.351 e. The summed E-state index contributed by atoms with van der Waals surface area (Å²) in [6.07, 6.45) is 0.749. The van der Waals surface area contributed by atoms with E-state index >= 15 is 0 Å². The van der Waals surface area contributed by atoms with Crippen molar-refractivity contribution < 1.29 is 9.18 Å².